The van der Waals surface area contributed by atoms with Crippen LogP contribution in [0, 0.1) is 0 Å². The molecule has 2 aromatic rings. The predicted molar refractivity (Wildman–Crippen MR) is 88.8 cm³/mol. The Kier molecular flexibility index (Phi) is 4.76. The second kappa shape index (κ2) is 6.95. The fourth-order valence-electron chi connectivity index (χ4n) is 2.83. The molecule has 1 fully saturated rings. The number of nitrogens with two attached hydrogens (primary N) is 1. The molecule has 7 heteroatoms. The quantitative estimate of drug-likeness (QED) is 0.679. The van der Waals surface area contributed by atoms with E-state index in [1.807, 2.05) is 24.3 Å². The molecule has 0 aliphatic carbocycles. The molecule has 0 spiro atoms. The fourth-order valence-corrected chi connectivity index (χ4v) is 3.71. The smallest absolute Gasteiger partial charge is 0.240 e. The van der Waals surface area contributed by atoms with Gasteiger partial charge in [0.2, 0.25) is 11.8 Å². The normalized spacial score (nSPS) is 18.1. The molecule has 1 atom stereocenters. The first-order chi connectivity index (χ1) is 11.2. The van der Waals surface area contributed by atoms with E-state index in [2.05, 4.69) is 9.97 Å². The van der Waals surface area contributed by atoms with Crippen molar-refractivity contribution in [2.75, 3.05) is 12.3 Å². The Labute approximate surface area is 138 Å². The van der Waals surface area contributed by atoms with Crippen LogP contribution in [-0.4, -0.2) is 45.0 Å². The molecule has 6 nitrogen and oxygen atoms in total. The largest absolute Gasteiger partial charge is 0.368 e. The van der Waals surface area contributed by atoms with Gasteiger partial charge in [-0.2, -0.15) is 0 Å². The fraction of sp³-hybridized carbons (Fsp3) is 0.375. The second-order valence-corrected chi connectivity index (χ2v) is 6.45. The molecule has 0 bridgehead atoms. The van der Waals surface area contributed by atoms with Gasteiger partial charge in [0.15, 0.2) is 0 Å². The maximum Gasteiger partial charge on any atom is 0.240 e. The highest BCUT2D eigenvalue weighted by molar-refractivity contribution is 8.00. The lowest BCUT2D eigenvalue weighted by Gasteiger charge is -2.33. The summed E-state index contributed by atoms with van der Waals surface area (Å²) in [5.74, 6) is -0.248. The predicted octanol–water partition coefficient (Wildman–Crippen LogP) is 1.59. The van der Waals surface area contributed by atoms with Gasteiger partial charge >= 0.3 is 0 Å². The van der Waals surface area contributed by atoms with Crippen LogP contribution in [0.15, 0.2) is 35.6 Å². The zero-order chi connectivity index (χ0) is 16.2. The van der Waals surface area contributed by atoms with Gasteiger partial charge in [-0.1, -0.05) is 30.0 Å². The van der Waals surface area contributed by atoms with Crippen molar-refractivity contribution in [3.05, 3.63) is 30.6 Å². The van der Waals surface area contributed by atoms with Crippen LogP contribution < -0.4 is 5.73 Å². The van der Waals surface area contributed by atoms with Crippen LogP contribution >= 0.6 is 11.8 Å². The van der Waals surface area contributed by atoms with Crippen molar-refractivity contribution < 1.29 is 9.59 Å². The molecule has 3 rings (SSSR count). The number of primary amides is 1. The Balaban J connectivity index is 1.71. The average Bonchev–Trinajstić information content (AvgIpc) is 2.59. The Morgan fingerprint density at radius 1 is 1.26 bits per heavy atom. The van der Waals surface area contributed by atoms with Gasteiger partial charge in [0.05, 0.1) is 11.3 Å². The monoisotopic (exact) mass is 330 g/mol. The Morgan fingerprint density at radius 3 is 2.91 bits per heavy atom. The Bertz CT molecular complexity index is 732. The average molecular weight is 330 g/mol. The number of carbonyl (C=O) groups is 2. The van der Waals surface area contributed by atoms with E-state index >= 15 is 0 Å². The van der Waals surface area contributed by atoms with Crippen molar-refractivity contribution in [3.8, 4) is 0 Å². The summed E-state index contributed by atoms with van der Waals surface area (Å²) in [6, 6.07) is 7.22. The first-order valence-corrected chi connectivity index (χ1v) is 8.56. The van der Waals surface area contributed by atoms with Crippen molar-refractivity contribution in [3.63, 3.8) is 0 Å². The van der Waals surface area contributed by atoms with Crippen molar-refractivity contribution in [2.24, 2.45) is 5.73 Å². The maximum absolute atomic E-state index is 12.5. The molecule has 1 aliphatic heterocycles. The van der Waals surface area contributed by atoms with Crippen molar-refractivity contribution in [1.82, 2.24) is 14.9 Å². The van der Waals surface area contributed by atoms with Gasteiger partial charge < -0.3 is 10.6 Å². The zero-order valence-electron chi connectivity index (χ0n) is 12.6. The number of rotatable bonds is 4. The van der Waals surface area contributed by atoms with Crippen molar-refractivity contribution >= 4 is 34.5 Å². The van der Waals surface area contributed by atoms with Gasteiger partial charge in [-0.15, -0.1) is 0 Å². The molecule has 2 N–H and O–H groups in total. The number of carbonyl (C=O) groups excluding carboxylic acids is 2. The third kappa shape index (κ3) is 3.44. The highest BCUT2D eigenvalue weighted by Gasteiger charge is 2.30. The SMILES string of the molecule is NC(=O)[C@@H]1CCCCN1C(=O)CSc1ncnc2ccccc12. The van der Waals surface area contributed by atoms with Crippen LogP contribution in [0.1, 0.15) is 19.3 Å². The van der Waals surface area contributed by atoms with Crippen molar-refractivity contribution in [2.45, 2.75) is 30.3 Å². The van der Waals surface area contributed by atoms with Gasteiger partial charge in [0, 0.05) is 11.9 Å². The third-order valence-electron chi connectivity index (χ3n) is 3.99. The van der Waals surface area contributed by atoms with Crippen LogP contribution in [0.25, 0.3) is 10.9 Å². The summed E-state index contributed by atoms with van der Waals surface area (Å²) in [5.41, 5.74) is 6.27. The molecule has 0 unspecified atom stereocenters. The molecule has 1 aromatic heterocycles. The molecule has 2 amide bonds. The molecule has 23 heavy (non-hydrogen) atoms. The number of piperidine rings is 1. The van der Waals surface area contributed by atoms with E-state index in [0.717, 1.165) is 28.8 Å². The van der Waals surface area contributed by atoms with Gasteiger partial charge in [-0.05, 0) is 25.3 Å². The number of para-hydroxylation sites is 1. The molecule has 120 valence electrons. The molecular weight excluding hydrogens is 312 g/mol. The lowest BCUT2D eigenvalue weighted by Crippen LogP contribution is -2.51. The van der Waals surface area contributed by atoms with Gasteiger partial charge in [-0.3, -0.25) is 9.59 Å². The topological polar surface area (TPSA) is 89.2 Å². The van der Waals surface area contributed by atoms with E-state index in [9.17, 15) is 9.59 Å². The van der Waals surface area contributed by atoms with Crippen LogP contribution in [0.4, 0.5) is 0 Å². The van der Waals surface area contributed by atoms with Crippen LogP contribution in [-0.2, 0) is 9.59 Å². The highest BCUT2D eigenvalue weighted by Crippen LogP contribution is 2.25. The first kappa shape index (κ1) is 15.7. The number of thioether (sulfide) groups is 1. The molecule has 1 saturated heterocycles. The standard InChI is InChI=1S/C16H18N4O2S/c17-15(22)13-7-3-4-8-20(13)14(21)9-23-16-11-5-1-2-6-12(11)18-10-19-16/h1-2,5-6,10,13H,3-4,7-9H2,(H2,17,22)/t13-/m0/s1. The van der Waals surface area contributed by atoms with E-state index in [-0.39, 0.29) is 11.7 Å². The number of hydrogen-bond donors (Lipinski definition) is 1. The molecule has 0 saturated carbocycles. The minimum absolute atomic E-state index is 0.0683. The summed E-state index contributed by atoms with van der Waals surface area (Å²) in [4.78, 5) is 34.1. The Morgan fingerprint density at radius 2 is 2.09 bits per heavy atom. The van der Waals surface area contributed by atoms with E-state index in [4.69, 9.17) is 5.73 Å². The minimum atomic E-state index is -0.473. The van der Waals surface area contributed by atoms with Crippen LogP contribution in [0.3, 0.4) is 0 Å². The van der Waals surface area contributed by atoms with Crippen LogP contribution in [0.2, 0.25) is 0 Å². The molecule has 1 aromatic carbocycles. The number of nitrogens with zero attached hydrogens (tertiary/aromatic N) is 3. The molecular formula is C16H18N4O2S. The number of benzene rings is 1. The zero-order valence-corrected chi connectivity index (χ0v) is 13.5. The first-order valence-electron chi connectivity index (χ1n) is 7.58. The lowest BCUT2D eigenvalue weighted by molar-refractivity contribution is -0.138. The van der Waals surface area contributed by atoms with Gasteiger partial charge in [0.1, 0.15) is 17.4 Å². The molecule has 2 heterocycles. The lowest BCUT2D eigenvalue weighted by atomic mass is 10.0. The summed E-state index contributed by atoms with van der Waals surface area (Å²) in [6.45, 7) is 0.595. The summed E-state index contributed by atoms with van der Waals surface area (Å²) in [7, 11) is 0. The Hall–Kier alpha value is -2.15. The van der Waals surface area contributed by atoms with E-state index in [1.165, 1.54) is 18.1 Å². The van der Waals surface area contributed by atoms with E-state index in [1.54, 1.807) is 4.90 Å². The van der Waals surface area contributed by atoms with Crippen LogP contribution in [0.5, 0.6) is 0 Å². The molecule has 0 radical (unpaired) electrons. The van der Waals surface area contributed by atoms with E-state index in [0.29, 0.717) is 13.0 Å². The highest BCUT2D eigenvalue weighted by atomic mass is 32.2. The van der Waals surface area contributed by atoms with Gasteiger partial charge in [0.25, 0.3) is 0 Å². The summed E-state index contributed by atoms with van der Waals surface area (Å²) in [5, 5.41) is 1.70. The second-order valence-electron chi connectivity index (χ2n) is 5.49. The maximum atomic E-state index is 12.5. The van der Waals surface area contributed by atoms with E-state index < -0.39 is 11.9 Å². The number of aromatic nitrogens is 2. The number of fused-ring (bicyclic) bond motifs is 1. The summed E-state index contributed by atoms with van der Waals surface area (Å²) < 4.78 is 0. The number of amides is 2. The summed E-state index contributed by atoms with van der Waals surface area (Å²) >= 11 is 1.37. The van der Waals surface area contributed by atoms with Gasteiger partial charge in [-0.25, -0.2) is 9.97 Å². The molecule has 1 aliphatic rings. The number of hydrogen-bond acceptors (Lipinski definition) is 5. The minimum Gasteiger partial charge on any atom is -0.368 e. The van der Waals surface area contributed by atoms with Crippen molar-refractivity contribution in [1.29, 1.82) is 0 Å². The third-order valence-corrected chi connectivity index (χ3v) is 4.98. The number of likely N-dealkylation sites (tertiary alicyclic amines) is 1. The summed E-state index contributed by atoms with van der Waals surface area (Å²) in [6.07, 6.45) is 4.00.